The van der Waals surface area contributed by atoms with E-state index in [9.17, 15) is 9.18 Å². The number of rotatable bonds is 4. The van der Waals surface area contributed by atoms with Gasteiger partial charge in [-0.05, 0) is 32.0 Å². The van der Waals surface area contributed by atoms with Crippen molar-refractivity contribution in [2.45, 2.75) is 19.4 Å². The van der Waals surface area contributed by atoms with E-state index in [1.54, 1.807) is 0 Å². The third kappa shape index (κ3) is 4.16. The Bertz CT molecular complexity index is 425. The zero-order chi connectivity index (χ0) is 13.1. The van der Waals surface area contributed by atoms with Crippen molar-refractivity contribution in [2.75, 3.05) is 13.7 Å². The van der Waals surface area contributed by atoms with Gasteiger partial charge >= 0.3 is 0 Å². The zero-order valence-corrected chi connectivity index (χ0v) is 11.4. The number of amides is 1. The highest BCUT2D eigenvalue weighted by Crippen LogP contribution is 2.18. The van der Waals surface area contributed by atoms with Crippen molar-refractivity contribution in [2.24, 2.45) is 5.73 Å². The number of benzene rings is 1. The van der Waals surface area contributed by atoms with Gasteiger partial charge in [-0.3, -0.25) is 4.79 Å². The van der Waals surface area contributed by atoms with Crippen LogP contribution < -0.4 is 15.8 Å². The van der Waals surface area contributed by atoms with Crippen LogP contribution in [0.25, 0.3) is 0 Å². The van der Waals surface area contributed by atoms with Crippen LogP contribution in [0.15, 0.2) is 18.2 Å². The largest absolute Gasteiger partial charge is 0.494 e. The van der Waals surface area contributed by atoms with Gasteiger partial charge in [-0.2, -0.15) is 0 Å². The first-order valence-corrected chi connectivity index (χ1v) is 5.26. The molecule has 0 saturated carbocycles. The molecule has 6 heteroatoms. The number of nitrogens with two attached hydrogens (primary N) is 1. The van der Waals surface area contributed by atoms with E-state index in [2.05, 4.69) is 5.32 Å². The Morgan fingerprint density at radius 2 is 2.11 bits per heavy atom. The standard InChI is InChI=1S/C12H17FN2O2.ClH/c1-12(2,7-14)15-11(16)8-4-5-9(13)10(6-8)17-3;/h4-6H,7,14H2,1-3H3,(H,15,16);1H. The van der Waals surface area contributed by atoms with Crippen molar-refractivity contribution in [3.05, 3.63) is 29.6 Å². The van der Waals surface area contributed by atoms with Crippen molar-refractivity contribution >= 4 is 18.3 Å². The summed E-state index contributed by atoms with van der Waals surface area (Å²) >= 11 is 0. The first-order valence-electron chi connectivity index (χ1n) is 5.26. The Morgan fingerprint density at radius 1 is 1.50 bits per heavy atom. The van der Waals surface area contributed by atoms with Gasteiger partial charge in [0.25, 0.3) is 5.91 Å². The fraction of sp³-hybridized carbons (Fsp3) is 0.417. The molecule has 0 aliphatic heterocycles. The van der Waals surface area contributed by atoms with Crippen LogP contribution in [0.4, 0.5) is 4.39 Å². The minimum atomic E-state index is -0.501. The molecule has 18 heavy (non-hydrogen) atoms. The van der Waals surface area contributed by atoms with Crippen LogP contribution in [0.5, 0.6) is 5.75 Å². The highest BCUT2D eigenvalue weighted by Gasteiger charge is 2.19. The Morgan fingerprint density at radius 3 is 2.61 bits per heavy atom. The van der Waals surface area contributed by atoms with E-state index >= 15 is 0 Å². The summed E-state index contributed by atoms with van der Waals surface area (Å²) in [7, 11) is 1.35. The fourth-order valence-corrected chi connectivity index (χ4v) is 1.23. The minimum Gasteiger partial charge on any atom is -0.494 e. The van der Waals surface area contributed by atoms with Crippen molar-refractivity contribution in [1.82, 2.24) is 5.32 Å². The lowest BCUT2D eigenvalue weighted by Gasteiger charge is -2.24. The summed E-state index contributed by atoms with van der Waals surface area (Å²) in [6.07, 6.45) is 0. The second kappa shape index (κ2) is 6.56. The van der Waals surface area contributed by atoms with Crippen LogP contribution in [0.3, 0.4) is 0 Å². The second-order valence-electron chi connectivity index (χ2n) is 4.39. The molecule has 0 atom stereocenters. The number of carbonyl (C=O) groups excluding carboxylic acids is 1. The fourth-order valence-electron chi connectivity index (χ4n) is 1.23. The van der Waals surface area contributed by atoms with Gasteiger partial charge in [-0.25, -0.2) is 4.39 Å². The number of nitrogens with one attached hydrogen (secondary N) is 1. The summed E-state index contributed by atoms with van der Waals surface area (Å²) in [5.74, 6) is -0.760. The van der Waals surface area contributed by atoms with E-state index in [-0.39, 0.29) is 24.1 Å². The van der Waals surface area contributed by atoms with Gasteiger partial charge in [-0.1, -0.05) is 0 Å². The lowest BCUT2D eigenvalue weighted by atomic mass is 10.1. The molecule has 102 valence electrons. The maximum atomic E-state index is 13.2. The van der Waals surface area contributed by atoms with Crippen LogP contribution in [0.2, 0.25) is 0 Å². The van der Waals surface area contributed by atoms with Gasteiger partial charge < -0.3 is 15.8 Å². The number of carbonyl (C=O) groups is 1. The Labute approximate surface area is 112 Å². The number of hydrogen-bond acceptors (Lipinski definition) is 3. The normalized spacial score (nSPS) is 10.5. The monoisotopic (exact) mass is 276 g/mol. The van der Waals surface area contributed by atoms with E-state index in [4.69, 9.17) is 10.5 Å². The molecule has 1 amide bonds. The third-order valence-corrected chi connectivity index (χ3v) is 2.38. The predicted octanol–water partition coefficient (Wildman–Crippen LogP) is 1.72. The summed E-state index contributed by atoms with van der Waals surface area (Å²) in [6.45, 7) is 3.94. The molecule has 0 spiro atoms. The van der Waals surface area contributed by atoms with Crippen molar-refractivity contribution in [3.8, 4) is 5.75 Å². The maximum absolute atomic E-state index is 13.2. The summed E-state index contributed by atoms with van der Waals surface area (Å²) in [5.41, 5.74) is 5.35. The molecule has 0 aromatic heterocycles. The Kier molecular flexibility index (Phi) is 6.08. The molecule has 1 aromatic carbocycles. The van der Waals surface area contributed by atoms with E-state index < -0.39 is 11.4 Å². The SMILES string of the molecule is COc1cc(C(=O)NC(C)(C)CN)ccc1F.Cl. The van der Waals surface area contributed by atoms with Crippen LogP contribution in [-0.2, 0) is 0 Å². The third-order valence-electron chi connectivity index (χ3n) is 2.38. The molecule has 0 aliphatic rings. The Balaban J connectivity index is 0.00000289. The van der Waals surface area contributed by atoms with Gasteiger partial charge in [-0.15, -0.1) is 12.4 Å². The smallest absolute Gasteiger partial charge is 0.251 e. The average molecular weight is 277 g/mol. The van der Waals surface area contributed by atoms with E-state index in [1.807, 2.05) is 13.8 Å². The van der Waals surface area contributed by atoms with Gasteiger partial charge in [0.05, 0.1) is 7.11 Å². The van der Waals surface area contributed by atoms with E-state index in [0.717, 1.165) is 0 Å². The highest BCUT2D eigenvalue weighted by atomic mass is 35.5. The van der Waals surface area contributed by atoms with Crippen LogP contribution in [0, 0.1) is 5.82 Å². The summed E-state index contributed by atoms with van der Waals surface area (Å²) < 4.78 is 18.0. The summed E-state index contributed by atoms with van der Waals surface area (Å²) in [6, 6.07) is 3.96. The first kappa shape index (κ1) is 16.7. The Hall–Kier alpha value is -1.33. The first-order chi connectivity index (χ1) is 7.89. The molecule has 1 rings (SSSR count). The van der Waals surface area contributed by atoms with Crippen molar-refractivity contribution in [3.63, 3.8) is 0 Å². The number of ether oxygens (including phenoxy) is 1. The number of methoxy groups -OCH3 is 1. The van der Waals surface area contributed by atoms with Crippen LogP contribution >= 0.6 is 12.4 Å². The molecule has 0 unspecified atom stereocenters. The van der Waals surface area contributed by atoms with Crippen LogP contribution in [-0.4, -0.2) is 25.1 Å². The molecule has 4 nitrogen and oxygen atoms in total. The van der Waals surface area contributed by atoms with E-state index in [0.29, 0.717) is 12.1 Å². The van der Waals surface area contributed by atoms with E-state index in [1.165, 1.54) is 25.3 Å². The molecule has 0 heterocycles. The molecule has 0 aliphatic carbocycles. The molecule has 0 radical (unpaired) electrons. The molecule has 0 saturated heterocycles. The molecular formula is C12H18ClFN2O2. The molecule has 0 fully saturated rings. The topological polar surface area (TPSA) is 64.3 Å². The molecule has 1 aromatic rings. The summed E-state index contributed by atoms with van der Waals surface area (Å²) in [5, 5.41) is 2.75. The van der Waals surface area contributed by atoms with Gasteiger partial charge in [0.2, 0.25) is 0 Å². The highest BCUT2D eigenvalue weighted by molar-refractivity contribution is 5.95. The molecular weight excluding hydrogens is 259 g/mol. The number of hydrogen-bond donors (Lipinski definition) is 2. The van der Waals surface area contributed by atoms with Gasteiger partial charge in [0.15, 0.2) is 11.6 Å². The number of halogens is 2. The van der Waals surface area contributed by atoms with Crippen LogP contribution in [0.1, 0.15) is 24.2 Å². The molecule has 3 N–H and O–H groups in total. The maximum Gasteiger partial charge on any atom is 0.251 e. The second-order valence-corrected chi connectivity index (χ2v) is 4.39. The van der Waals surface area contributed by atoms with Gasteiger partial charge in [0, 0.05) is 17.6 Å². The predicted molar refractivity (Wildman–Crippen MR) is 70.8 cm³/mol. The minimum absolute atomic E-state index is 0. The van der Waals surface area contributed by atoms with Gasteiger partial charge in [0.1, 0.15) is 0 Å². The average Bonchev–Trinajstić information content (AvgIpc) is 2.29. The lowest BCUT2D eigenvalue weighted by Crippen LogP contribution is -2.48. The zero-order valence-electron chi connectivity index (χ0n) is 10.6. The quantitative estimate of drug-likeness (QED) is 0.880. The van der Waals surface area contributed by atoms with Crippen molar-refractivity contribution in [1.29, 1.82) is 0 Å². The lowest BCUT2D eigenvalue weighted by molar-refractivity contribution is 0.0915. The molecule has 0 bridgehead atoms. The summed E-state index contributed by atoms with van der Waals surface area (Å²) in [4.78, 5) is 11.9. The van der Waals surface area contributed by atoms with Crippen molar-refractivity contribution < 1.29 is 13.9 Å².